The second-order valence-corrected chi connectivity index (χ2v) is 4.59. The summed E-state index contributed by atoms with van der Waals surface area (Å²) >= 11 is 1.34. The normalized spacial score (nSPS) is 10.1. The molecule has 0 aliphatic heterocycles. The van der Waals surface area contributed by atoms with Gasteiger partial charge in [0, 0.05) is 18.1 Å². The number of thiazole rings is 1. The molecule has 5 heteroatoms. The standard InChI is InChI=1S/C13H14N2O2S/c1-17-11-4-2-10(3-5-11)6-7-14-12(16)13-15-8-9-18-13/h2-5,8-9H,6-7H2,1H3,(H,14,16). The third kappa shape index (κ3) is 3.30. The molecule has 2 aromatic rings. The van der Waals surface area contributed by atoms with E-state index >= 15 is 0 Å². The van der Waals surface area contributed by atoms with Crippen molar-refractivity contribution in [3.8, 4) is 5.75 Å². The zero-order chi connectivity index (χ0) is 12.8. The molecule has 2 rings (SSSR count). The Bertz CT molecular complexity index is 494. The Morgan fingerprint density at radius 3 is 2.78 bits per heavy atom. The van der Waals surface area contributed by atoms with Crippen LogP contribution in [0.2, 0.25) is 0 Å². The molecule has 1 amide bonds. The van der Waals surface area contributed by atoms with Crippen molar-refractivity contribution in [2.24, 2.45) is 0 Å². The van der Waals surface area contributed by atoms with E-state index in [4.69, 9.17) is 4.74 Å². The van der Waals surface area contributed by atoms with Gasteiger partial charge in [-0.1, -0.05) is 12.1 Å². The highest BCUT2D eigenvalue weighted by Crippen LogP contribution is 2.11. The maximum absolute atomic E-state index is 11.6. The molecule has 0 aliphatic rings. The Labute approximate surface area is 110 Å². The Balaban J connectivity index is 1.79. The lowest BCUT2D eigenvalue weighted by Gasteiger charge is -2.04. The summed E-state index contributed by atoms with van der Waals surface area (Å²) in [6, 6.07) is 7.82. The van der Waals surface area contributed by atoms with Crippen LogP contribution in [-0.4, -0.2) is 24.5 Å². The van der Waals surface area contributed by atoms with E-state index in [-0.39, 0.29) is 5.91 Å². The van der Waals surface area contributed by atoms with E-state index < -0.39 is 0 Å². The van der Waals surface area contributed by atoms with E-state index in [0.29, 0.717) is 11.6 Å². The van der Waals surface area contributed by atoms with Gasteiger partial charge in [0.15, 0.2) is 5.01 Å². The fourth-order valence-electron chi connectivity index (χ4n) is 1.52. The summed E-state index contributed by atoms with van der Waals surface area (Å²) < 4.78 is 5.08. The molecular weight excluding hydrogens is 248 g/mol. The van der Waals surface area contributed by atoms with Crippen molar-refractivity contribution in [3.63, 3.8) is 0 Å². The molecule has 0 fully saturated rings. The average molecular weight is 262 g/mol. The van der Waals surface area contributed by atoms with Gasteiger partial charge in [0.2, 0.25) is 0 Å². The second kappa shape index (κ2) is 6.16. The van der Waals surface area contributed by atoms with Gasteiger partial charge in [0.05, 0.1) is 7.11 Å². The number of rotatable bonds is 5. The summed E-state index contributed by atoms with van der Waals surface area (Å²) in [6.07, 6.45) is 2.42. The van der Waals surface area contributed by atoms with E-state index in [1.165, 1.54) is 11.3 Å². The molecule has 1 heterocycles. The minimum absolute atomic E-state index is 0.112. The smallest absolute Gasteiger partial charge is 0.280 e. The third-order valence-corrected chi connectivity index (χ3v) is 3.26. The lowest BCUT2D eigenvalue weighted by Crippen LogP contribution is -2.25. The van der Waals surface area contributed by atoms with Crippen LogP contribution in [0, 0.1) is 0 Å². The van der Waals surface area contributed by atoms with Crippen molar-refractivity contribution in [1.82, 2.24) is 10.3 Å². The lowest BCUT2D eigenvalue weighted by molar-refractivity contribution is 0.0954. The first-order valence-corrected chi connectivity index (χ1v) is 6.48. The fourth-order valence-corrected chi connectivity index (χ4v) is 2.08. The Morgan fingerprint density at radius 2 is 2.17 bits per heavy atom. The predicted octanol–water partition coefficient (Wildman–Crippen LogP) is 2.12. The highest BCUT2D eigenvalue weighted by Gasteiger charge is 2.06. The average Bonchev–Trinajstić information content (AvgIpc) is 2.93. The van der Waals surface area contributed by atoms with Crippen molar-refractivity contribution < 1.29 is 9.53 Å². The van der Waals surface area contributed by atoms with Crippen LogP contribution >= 0.6 is 11.3 Å². The summed E-state index contributed by atoms with van der Waals surface area (Å²) in [5.41, 5.74) is 1.16. The van der Waals surface area contributed by atoms with Gasteiger partial charge >= 0.3 is 0 Å². The zero-order valence-corrected chi connectivity index (χ0v) is 10.9. The molecule has 0 atom stereocenters. The summed E-state index contributed by atoms with van der Waals surface area (Å²) in [6.45, 7) is 0.602. The molecule has 0 saturated carbocycles. The molecule has 4 nitrogen and oxygen atoms in total. The topological polar surface area (TPSA) is 51.2 Å². The van der Waals surface area contributed by atoms with Gasteiger partial charge in [-0.25, -0.2) is 4.98 Å². The highest BCUT2D eigenvalue weighted by molar-refractivity contribution is 7.11. The number of hydrogen-bond acceptors (Lipinski definition) is 4. The molecule has 0 radical (unpaired) electrons. The first-order valence-electron chi connectivity index (χ1n) is 5.60. The zero-order valence-electron chi connectivity index (χ0n) is 10.1. The summed E-state index contributed by atoms with van der Waals surface area (Å²) in [4.78, 5) is 15.6. The van der Waals surface area contributed by atoms with E-state index in [9.17, 15) is 4.79 Å². The lowest BCUT2D eigenvalue weighted by atomic mass is 10.1. The number of ether oxygens (including phenoxy) is 1. The molecule has 0 bridgehead atoms. The van der Waals surface area contributed by atoms with Crippen LogP contribution in [0.5, 0.6) is 5.75 Å². The third-order valence-electron chi connectivity index (χ3n) is 2.48. The number of methoxy groups -OCH3 is 1. The monoisotopic (exact) mass is 262 g/mol. The van der Waals surface area contributed by atoms with Crippen LogP contribution in [0.25, 0.3) is 0 Å². The minimum atomic E-state index is -0.112. The summed E-state index contributed by atoms with van der Waals surface area (Å²) in [7, 11) is 1.64. The van der Waals surface area contributed by atoms with Gasteiger partial charge < -0.3 is 10.1 Å². The van der Waals surface area contributed by atoms with Crippen LogP contribution < -0.4 is 10.1 Å². The number of carbonyl (C=O) groups excluding carboxylic acids is 1. The van der Waals surface area contributed by atoms with Crippen LogP contribution in [0.4, 0.5) is 0 Å². The van der Waals surface area contributed by atoms with E-state index in [1.807, 2.05) is 24.3 Å². The van der Waals surface area contributed by atoms with Crippen LogP contribution in [0.3, 0.4) is 0 Å². The number of amides is 1. The van der Waals surface area contributed by atoms with Crippen molar-refractivity contribution in [1.29, 1.82) is 0 Å². The number of hydrogen-bond donors (Lipinski definition) is 1. The van der Waals surface area contributed by atoms with E-state index in [0.717, 1.165) is 17.7 Å². The van der Waals surface area contributed by atoms with Crippen LogP contribution in [0.1, 0.15) is 15.4 Å². The molecule has 18 heavy (non-hydrogen) atoms. The van der Waals surface area contributed by atoms with E-state index in [1.54, 1.807) is 18.7 Å². The summed E-state index contributed by atoms with van der Waals surface area (Å²) in [5.74, 6) is 0.726. The summed E-state index contributed by atoms with van der Waals surface area (Å²) in [5, 5.41) is 5.13. The van der Waals surface area contributed by atoms with Gasteiger partial charge in [-0.05, 0) is 24.1 Å². The predicted molar refractivity (Wildman–Crippen MR) is 71.1 cm³/mol. The van der Waals surface area contributed by atoms with Gasteiger partial charge in [0.25, 0.3) is 5.91 Å². The van der Waals surface area contributed by atoms with Crippen molar-refractivity contribution in [3.05, 3.63) is 46.4 Å². The van der Waals surface area contributed by atoms with Crippen molar-refractivity contribution in [2.45, 2.75) is 6.42 Å². The molecule has 0 spiro atoms. The van der Waals surface area contributed by atoms with Crippen LogP contribution in [0.15, 0.2) is 35.8 Å². The molecule has 94 valence electrons. The first-order chi connectivity index (χ1) is 8.79. The number of nitrogens with one attached hydrogen (secondary N) is 1. The molecular formula is C13H14N2O2S. The van der Waals surface area contributed by atoms with E-state index in [2.05, 4.69) is 10.3 Å². The fraction of sp³-hybridized carbons (Fsp3) is 0.231. The second-order valence-electron chi connectivity index (χ2n) is 3.69. The van der Waals surface area contributed by atoms with Gasteiger partial charge in [-0.3, -0.25) is 4.79 Å². The minimum Gasteiger partial charge on any atom is -0.497 e. The van der Waals surface area contributed by atoms with Crippen molar-refractivity contribution >= 4 is 17.2 Å². The molecule has 0 saturated heterocycles. The Hall–Kier alpha value is -1.88. The molecule has 1 aromatic carbocycles. The number of benzene rings is 1. The van der Waals surface area contributed by atoms with Gasteiger partial charge in [0.1, 0.15) is 5.75 Å². The Morgan fingerprint density at radius 1 is 1.39 bits per heavy atom. The van der Waals surface area contributed by atoms with Gasteiger partial charge in [-0.15, -0.1) is 11.3 Å². The maximum Gasteiger partial charge on any atom is 0.280 e. The molecule has 1 aromatic heterocycles. The first kappa shape index (κ1) is 12.6. The Kier molecular flexibility index (Phi) is 4.30. The molecule has 0 aliphatic carbocycles. The number of carbonyl (C=O) groups is 1. The van der Waals surface area contributed by atoms with Gasteiger partial charge in [-0.2, -0.15) is 0 Å². The quantitative estimate of drug-likeness (QED) is 0.898. The molecule has 1 N–H and O–H groups in total. The van der Waals surface area contributed by atoms with Crippen LogP contribution in [-0.2, 0) is 6.42 Å². The number of aromatic nitrogens is 1. The molecule has 0 unspecified atom stereocenters. The largest absolute Gasteiger partial charge is 0.497 e. The highest BCUT2D eigenvalue weighted by atomic mass is 32.1. The maximum atomic E-state index is 11.6. The number of nitrogens with zero attached hydrogens (tertiary/aromatic N) is 1. The SMILES string of the molecule is COc1ccc(CCNC(=O)c2nccs2)cc1. The van der Waals surface area contributed by atoms with Crippen molar-refractivity contribution in [2.75, 3.05) is 13.7 Å².